The summed E-state index contributed by atoms with van der Waals surface area (Å²) in [6, 6.07) is 15.3. The zero-order valence-electron chi connectivity index (χ0n) is 11.8. The number of rotatable bonds is 1. The first-order valence-corrected chi connectivity index (χ1v) is 7.34. The van der Waals surface area contributed by atoms with Crippen LogP contribution in [0.2, 0.25) is 10.0 Å². The molecule has 0 amide bonds. The summed E-state index contributed by atoms with van der Waals surface area (Å²) in [4.78, 5) is 0. The van der Waals surface area contributed by atoms with Crippen molar-refractivity contribution in [3.05, 3.63) is 69.2 Å². The summed E-state index contributed by atoms with van der Waals surface area (Å²) in [5.74, 6) is 1.02. The Kier molecular flexibility index (Phi) is 5.27. The van der Waals surface area contributed by atoms with E-state index in [0.29, 0.717) is 11.8 Å². The minimum atomic E-state index is 0. The monoisotopic (exact) mass is 296 g/mol. The van der Waals surface area contributed by atoms with Crippen LogP contribution in [-0.4, -0.2) is 0 Å². The van der Waals surface area contributed by atoms with Crippen LogP contribution in [0.25, 0.3) is 0 Å². The average Bonchev–Trinajstić information content (AvgIpc) is 2.40. The molecule has 0 radical (unpaired) electrons. The Labute approximate surface area is 142 Å². The summed E-state index contributed by atoms with van der Waals surface area (Å²) in [7, 11) is 0. The summed E-state index contributed by atoms with van der Waals surface area (Å²) in [6.07, 6.45) is 2.18. The first-order chi connectivity index (χ1) is 9.15. The Morgan fingerprint density at radius 1 is 1.25 bits per heavy atom. The van der Waals surface area contributed by atoms with Crippen LogP contribution in [0, 0.1) is 12.0 Å². The Balaban J connectivity index is 0.00000147. The van der Waals surface area contributed by atoms with Gasteiger partial charge < -0.3 is 0 Å². The molecule has 0 fully saturated rings. The standard InChI is InChI=1S/C17H15Cl2.Li/c1-11-7-14(12-5-3-2-4-6-12)15-9-13(18)10-17(19)16(15)8-11;/h2-3,5-6,9-11,14H,7-8H2,1H3;/q-1;+1/t11?,14-;/m0./s1. The van der Waals surface area contributed by atoms with Crippen molar-refractivity contribution in [3.63, 3.8) is 0 Å². The summed E-state index contributed by atoms with van der Waals surface area (Å²) in [5, 5.41) is 1.53. The third-order valence-corrected chi connectivity index (χ3v) is 4.45. The van der Waals surface area contributed by atoms with E-state index in [1.54, 1.807) is 0 Å². The minimum Gasteiger partial charge on any atom is -0.184 e. The topological polar surface area (TPSA) is 0 Å². The fourth-order valence-corrected chi connectivity index (χ4v) is 3.64. The van der Waals surface area contributed by atoms with Gasteiger partial charge in [0.05, 0.1) is 0 Å². The van der Waals surface area contributed by atoms with E-state index in [1.807, 2.05) is 18.2 Å². The van der Waals surface area contributed by atoms with Gasteiger partial charge in [0.25, 0.3) is 0 Å². The zero-order chi connectivity index (χ0) is 13.4. The molecule has 2 aromatic rings. The molecule has 98 valence electrons. The first kappa shape index (κ1) is 16.0. The van der Waals surface area contributed by atoms with Crippen molar-refractivity contribution >= 4 is 23.2 Å². The molecule has 2 atom stereocenters. The molecule has 2 aromatic carbocycles. The molecule has 3 heteroatoms. The van der Waals surface area contributed by atoms with E-state index in [9.17, 15) is 0 Å². The van der Waals surface area contributed by atoms with Crippen LogP contribution in [-0.2, 0) is 6.42 Å². The summed E-state index contributed by atoms with van der Waals surface area (Å²) < 4.78 is 0. The largest absolute Gasteiger partial charge is 1.00 e. The zero-order valence-corrected chi connectivity index (χ0v) is 13.3. The first-order valence-electron chi connectivity index (χ1n) is 6.59. The van der Waals surface area contributed by atoms with E-state index >= 15 is 0 Å². The van der Waals surface area contributed by atoms with Crippen LogP contribution >= 0.6 is 23.2 Å². The van der Waals surface area contributed by atoms with Crippen molar-refractivity contribution in [2.45, 2.75) is 25.7 Å². The SMILES string of the molecule is CC1Cc2c(Cl)cc(Cl)cc2[C@H](c2c[c-]ccc2)C1.[Li+]. The summed E-state index contributed by atoms with van der Waals surface area (Å²) >= 11 is 12.6. The molecule has 20 heavy (non-hydrogen) atoms. The molecule has 1 aliphatic carbocycles. The summed E-state index contributed by atoms with van der Waals surface area (Å²) in [5.41, 5.74) is 3.85. The third kappa shape index (κ3) is 3.10. The van der Waals surface area contributed by atoms with Gasteiger partial charge in [-0.15, -0.1) is 5.56 Å². The van der Waals surface area contributed by atoms with Gasteiger partial charge in [-0.25, -0.2) is 0 Å². The molecule has 0 heterocycles. The van der Waals surface area contributed by atoms with Crippen LogP contribution in [0.4, 0.5) is 0 Å². The maximum atomic E-state index is 6.37. The quantitative estimate of drug-likeness (QED) is 0.560. The molecule has 0 N–H and O–H groups in total. The molecule has 0 aliphatic heterocycles. The average molecular weight is 297 g/mol. The van der Waals surface area contributed by atoms with Crippen molar-refractivity contribution in [2.75, 3.05) is 0 Å². The van der Waals surface area contributed by atoms with Crippen LogP contribution in [0.3, 0.4) is 0 Å². The van der Waals surface area contributed by atoms with Crippen LogP contribution < -0.4 is 18.9 Å². The number of fused-ring (bicyclic) bond motifs is 1. The third-order valence-electron chi connectivity index (χ3n) is 3.89. The van der Waals surface area contributed by atoms with Crippen LogP contribution in [0.5, 0.6) is 0 Å². The molecule has 0 bridgehead atoms. The molecule has 0 aromatic heterocycles. The summed E-state index contributed by atoms with van der Waals surface area (Å²) in [6.45, 7) is 2.29. The molecule has 0 saturated carbocycles. The van der Waals surface area contributed by atoms with E-state index in [-0.39, 0.29) is 18.9 Å². The van der Waals surface area contributed by atoms with Gasteiger partial charge in [0.2, 0.25) is 0 Å². The van der Waals surface area contributed by atoms with Gasteiger partial charge in [-0.3, -0.25) is 0 Å². The van der Waals surface area contributed by atoms with E-state index in [4.69, 9.17) is 23.2 Å². The molecule has 3 rings (SSSR count). The molecule has 1 aliphatic rings. The van der Waals surface area contributed by atoms with Gasteiger partial charge in [-0.2, -0.15) is 30.3 Å². The van der Waals surface area contributed by atoms with Gasteiger partial charge in [0.1, 0.15) is 0 Å². The number of halogens is 2. The maximum Gasteiger partial charge on any atom is 1.00 e. The van der Waals surface area contributed by atoms with Gasteiger partial charge >= 0.3 is 18.9 Å². The van der Waals surface area contributed by atoms with E-state index < -0.39 is 0 Å². The van der Waals surface area contributed by atoms with E-state index in [2.05, 4.69) is 31.2 Å². The van der Waals surface area contributed by atoms with E-state index in [0.717, 1.165) is 22.9 Å². The molecular formula is C17H15Cl2Li. The van der Waals surface area contributed by atoms with Crippen molar-refractivity contribution < 1.29 is 18.9 Å². The maximum absolute atomic E-state index is 6.37. The molecular weight excluding hydrogens is 282 g/mol. The number of hydrogen-bond donors (Lipinski definition) is 0. The predicted octanol–water partition coefficient (Wildman–Crippen LogP) is 2.51. The second kappa shape index (κ2) is 6.59. The molecule has 0 spiro atoms. The second-order valence-corrected chi connectivity index (χ2v) is 6.23. The van der Waals surface area contributed by atoms with Crippen LogP contribution in [0.15, 0.2) is 36.4 Å². The Hall–Kier alpha value is -0.383. The smallest absolute Gasteiger partial charge is 0.184 e. The van der Waals surface area contributed by atoms with Gasteiger partial charge in [-0.05, 0) is 41.5 Å². The fraction of sp³-hybridized carbons (Fsp3) is 0.294. The molecule has 0 saturated heterocycles. The van der Waals surface area contributed by atoms with Gasteiger partial charge in [-0.1, -0.05) is 36.5 Å². The molecule has 0 nitrogen and oxygen atoms in total. The van der Waals surface area contributed by atoms with Gasteiger partial charge in [0, 0.05) is 10.0 Å². The fourth-order valence-electron chi connectivity index (χ4n) is 3.05. The number of hydrogen-bond acceptors (Lipinski definition) is 0. The minimum absolute atomic E-state index is 0. The Morgan fingerprint density at radius 3 is 2.75 bits per heavy atom. The Morgan fingerprint density at radius 2 is 2.05 bits per heavy atom. The van der Waals surface area contributed by atoms with Crippen molar-refractivity contribution in [1.82, 2.24) is 0 Å². The van der Waals surface area contributed by atoms with Gasteiger partial charge in [0.15, 0.2) is 0 Å². The van der Waals surface area contributed by atoms with Crippen molar-refractivity contribution in [1.29, 1.82) is 0 Å². The van der Waals surface area contributed by atoms with Crippen molar-refractivity contribution in [3.8, 4) is 0 Å². The Bertz CT molecular complexity index is 595. The predicted molar refractivity (Wildman–Crippen MR) is 81.1 cm³/mol. The van der Waals surface area contributed by atoms with E-state index in [1.165, 1.54) is 16.7 Å². The van der Waals surface area contributed by atoms with Crippen molar-refractivity contribution in [2.24, 2.45) is 5.92 Å². The normalized spacial score (nSPS) is 20.9. The number of benzene rings is 2. The molecule has 1 unspecified atom stereocenters. The van der Waals surface area contributed by atoms with Crippen LogP contribution in [0.1, 0.15) is 36.0 Å². The second-order valence-electron chi connectivity index (χ2n) is 5.39.